The molecule has 2 rings (SSSR count). The van der Waals surface area contributed by atoms with Crippen LogP contribution < -0.4 is 10.6 Å². The Kier molecular flexibility index (Phi) is 6.40. The van der Waals surface area contributed by atoms with Crippen LogP contribution >= 0.6 is 11.8 Å². The normalized spacial score (nSPS) is 15.4. The second-order valence-electron chi connectivity index (χ2n) is 5.32. The molecule has 0 unspecified atom stereocenters. The molecule has 0 bridgehead atoms. The van der Waals surface area contributed by atoms with Crippen LogP contribution in [-0.4, -0.2) is 24.7 Å². The molecule has 110 valence electrons. The fraction of sp³-hybridized carbons (Fsp3) is 0.562. The average molecular weight is 292 g/mol. The summed E-state index contributed by atoms with van der Waals surface area (Å²) in [4.78, 5) is 11.7. The summed E-state index contributed by atoms with van der Waals surface area (Å²) < 4.78 is 0. The predicted molar refractivity (Wildman–Crippen MR) is 87.2 cm³/mol. The summed E-state index contributed by atoms with van der Waals surface area (Å²) >= 11 is 2.06. The minimum Gasteiger partial charge on any atom is -0.326 e. The van der Waals surface area contributed by atoms with Gasteiger partial charge in [-0.1, -0.05) is 25.0 Å². The van der Waals surface area contributed by atoms with E-state index < -0.39 is 0 Å². The molecule has 0 spiro atoms. The van der Waals surface area contributed by atoms with Gasteiger partial charge in [-0.15, -0.1) is 0 Å². The number of hydrogen-bond donors (Lipinski definition) is 2. The topological polar surface area (TPSA) is 41.1 Å². The van der Waals surface area contributed by atoms with Crippen molar-refractivity contribution in [3.63, 3.8) is 0 Å². The van der Waals surface area contributed by atoms with Gasteiger partial charge in [0.05, 0.1) is 0 Å². The Labute approximate surface area is 125 Å². The van der Waals surface area contributed by atoms with Gasteiger partial charge in [-0.25, -0.2) is 0 Å². The highest BCUT2D eigenvalue weighted by atomic mass is 32.2. The third-order valence-corrected chi connectivity index (χ3v) is 5.04. The van der Waals surface area contributed by atoms with E-state index in [1.807, 2.05) is 19.2 Å². The number of carbonyl (C=O) groups excluding carboxylic acids is 1. The fourth-order valence-corrected chi connectivity index (χ4v) is 3.74. The first-order chi connectivity index (χ1) is 9.78. The summed E-state index contributed by atoms with van der Waals surface area (Å²) in [7, 11) is 1.86. The Hall–Kier alpha value is -1.00. The van der Waals surface area contributed by atoms with Crippen LogP contribution in [0.1, 0.15) is 37.7 Å². The van der Waals surface area contributed by atoms with Gasteiger partial charge in [0, 0.05) is 29.7 Å². The molecule has 0 aromatic heterocycles. The van der Waals surface area contributed by atoms with Crippen molar-refractivity contribution < 1.29 is 4.79 Å². The van der Waals surface area contributed by atoms with Crippen molar-refractivity contribution in [2.45, 2.75) is 43.1 Å². The van der Waals surface area contributed by atoms with Crippen LogP contribution in [0.4, 0.5) is 5.69 Å². The minimum absolute atomic E-state index is 0.0694. The maximum Gasteiger partial charge on any atom is 0.225 e. The molecule has 1 aromatic carbocycles. The second-order valence-corrected chi connectivity index (χ2v) is 6.61. The summed E-state index contributed by atoms with van der Waals surface area (Å²) in [5.74, 6) is 1.12. The van der Waals surface area contributed by atoms with Gasteiger partial charge in [0.1, 0.15) is 0 Å². The fourth-order valence-electron chi connectivity index (χ4n) is 2.47. The molecule has 4 heteroatoms. The summed E-state index contributed by atoms with van der Waals surface area (Å²) in [5.41, 5.74) is 2.21. The third-order valence-electron chi connectivity index (χ3n) is 3.60. The zero-order valence-corrected chi connectivity index (χ0v) is 13.0. The molecule has 1 aromatic rings. The van der Waals surface area contributed by atoms with Gasteiger partial charge in [0.15, 0.2) is 0 Å². The van der Waals surface area contributed by atoms with Crippen molar-refractivity contribution in [2.75, 3.05) is 18.9 Å². The van der Waals surface area contributed by atoms with Gasteiger partial charge in [-0.05, 0) is 37.6 Å². The molecule has 20 heavy (non-hydrogen) atoms. The van der Waals surface area contributed by atoms with Crippen LogP contribution in [0.15, 0.2) is 24.3 Å². The quantitative estimate of drug-likeness (QED) is 0.809. The van der Waals surface area contributed by atoms with E-state index in [2.05, 4.69) is 34.5 Å². The SMILES string of the molecule is CNCCC(=O)Nc1cccc(CSC2CCCC2)c1. The number of nitrogens with one attached hydrogen (secondary N) is 2. The lowest BCUT2D eigenvalue weighted by molar-refractivity contribution is -0.116. The Bertz CT molecular complexity index is 430. The van der Waals surface area contributed by atoms with Crippen LogP contribution in [0.3, 0.4) is 0 Å². The maximum absolute atomic E-state index is 11.7. The third kappa shape index (κ3) is 5.17. The lowest BCUT2D eigenvalue weighted by Crippen LogP contribution is -2.18. The lowest BCUT2D eigenvalue weighted by atomic mass is 10.2. The summed E-state index contributed by atoms with van der Waals surface area (Å²) in [5, 5.41) is 6.78. The Balaban J connectivity index is 1.82. The van der Waals surface area contributed by atoms with Gasteiger partial charge in [0.25, 0.3) is 0 Å². The molecule has 0 saturated heterocycles. The Morgan fingerprint density at radius 2 is 2.15 bits per heavy atom. The molecule has 0 atom stereocenters. The van der Waals surface area contributed by atoms with E-state index in [0.29, 0.717) is 13.0 Å². The van der Waals surface area contributed by atoms with Crippen molar-refractivity contribution in [3.05, 3.63) is 29.8 Å². The van der Waals surface area contributed by atoms with Crippen molar-refractivity contribution in [3.8, 4) is 0 Å². The molecule has 0 heterocycles. The van der Waals surface area contributed by atoms with E-state index in [1.165, 1.54) is 31.2 Å². The highest BCUT2D eigenvalue weighted by molar-refractivity contribution is 7.99. The van der Waals surface area contributed by atoms with E-state index in [4.69, 9.17) is 0 Å². The van der Waals surface area contributed by atoms with Crippen molar-refractivity contribution in [1.29, 1.82) is 0 Å². The zero-order valence-electron chi connectivity index (χ0n) is 12.2. The van der Waals surface area contributed by atoms with Gasteiger partial charge in [-0.3, -0.25) is 4.79 Å². The molecule has 1 saturated carbocycles. The lowest BCUT2D eigenvalue weighted by Gasteiger charge is -2.10. The smallest absolute Gasteiger partial charge is 0.225 e. The minimum atomic E-state index is 0.0694. The van der Waals surface area contributed by atoms with Crippen LogP contribution in [0.25, 0.3) is 0 Å². The largest absolute Gasteiger partial charge is 0.326 e. The molecule has 0 radical (unpaired) electrons. The van der Waals surface area contributed by atoms with Crippen LogP contribution in [0.5, 0.6) is 0 Å². The van der Waals surface area contributed by atoms with Crippen LogP contribution in [0.2, 0.25) is 0 Å². The first-order valence-electron chi connectivity index (χ1n) is 7.43. The van der Waals surface area contributed by atoms with E-state index in [-0.39, 0.29) is 5.91 Å². The molecule has 2 N–H and O–H groups in total. The van der Waals surface area contributed by atoms with Gasteiger partial charge in [0.2, 0.25) is 5.91 Å². The van der Waals surface area contributed by atoms with E-state index in [0.717, 1.165) is 16.7 Å². The molecule has 1 fully saturated rings. The maximum atomic E-state index is 11.7. The average Bonchev–Trinajstić information content (AvgIpc) is 2.97. The number of rotatable bonds is 7. The number of benzene rings is 1. The highest BCUT2D eigenvalue weighted by Crippen LogP contribution is 2.31. The molecule has 3 nitrogen and oxygen atoms in total. The summed E-state index contributed by atoms with van der Waals surface area (Å²) in [6.45, 7) is 0.711. The van der Waals surface area contributed by atoms with Crippen molar-refractivity contribution in [1.82, 2.24) is 5.32 Å². The van der Waals surface area contributed by atoms with Gasteiger partial charge >= 0.3 is 0 Å². The van der Waals surface area contributed by atoms with Gasteiger partial charge in [-0.2, -0.15) is 11.8 Å². The summed E-state index contributed by atoms with van der Waals surface area (Å²) in [6, 6.07) is 8.23. The van der Waals surface area contributed by atoms with Crippen molar-refractivity contribution in [2.24, 2.45) is 0 Å². The molecule has 1 aliphatic rings. The monoisotopic (exact) mass is 292 g/mol. The Morgan fingerprint density at radius 3 is 2.90 bits per heavy atom. The first kappa shape index (κ1) is 15.4. The van der Waals surface area contributed by atoms with E-state index >= 15 is 0 Å². The van der Waals surface area contributed by atoms with E-state index in [1.54, 1.807) is 0 Å². The zero-order chi connectivity index (χ0) is 14.2. The molecule has 1 aliphatic carbocycles. The number of anilines is 1. The second kappa shape index (κ2) is 8.32. The van der Waals surface area contributed by atoms with Crippen molar-refractivity contribution >= 4 is 23.4 Å². The van der Waals surface area contributed by atoms with Crippen LogP contribution in [-0.2, 0) is 10.5 Å². The number of hydrogen-bond acceptors (Lipinski definition) is 3. The predicted octanol–water partition coefficient (Wildman–Crippen LogP) is 3.41. The van der Waals surface area contributed by atoms with Gasteiger partial charge < -0.3 is 10.6 Å². The first-order valence-corrected chi connectivity index (χ1v) is 8.48. The molecule has 0 aliphatic heterocycles. The number of amides is 1. The van der Waals surface area contributed by atoms with Crippen LogP contribution in [0, 0.1) is 0 Å². The van der Waals surface area contributed by atoms with E-state index in [9.17, 15) is 4.79 Å². The Morgan fingerprint density at radius 1 is 1.35 bits per heavy atom. The molecular weight excluding hydrogens is 268 g/mol. The number of thioether (sulfide) groups is 1. The molecular formula is C16H24N2OS. The number of carbonyl (C=O) groups is 1. The standard InChI is InChI=1S/C16H24N2OS/c1-17-10-9-16(19)18-14-6-4-5-13(11-14)12-20-15-7-2-3-8-15/h4-6,11,15,17H,2-3,7-10,12H2,1H3,(H,18,19). The summed E-state index contributed by atoms with van der Waals surface area (Å²) in [6.07, 6.45) is 6.02. The molecule has 1 amide bonds. The highest BCUT2D eigenvalue weighted by Gasteiger charge is 2.15.